The summed E-state index contributed by atoms with van der Waals surface area (Å²) in [6.45, 7) is -0.0801. The molecule has 3 N–H and O–H groups in total. The van der Waals surface area contributed by atoms with Gasteiger partial charge in [-0.25, -0.2) is 0 Å². The zero-order chi connectivity index (χ0) is 19.1. The van der Waals surface area contributed by atoms with E-state index in [9.17, 15) is 14.0 Å². The van der Waals surface area contributed by atoms with Gasteiger partial charge in [0.25, 0.3) is 5.91 Å². The van der Waals surface area contributed by atoms with Gasteiger partial charge in [0, 0.05) is 35.9 Å². The first-order chi connectivity index (χ1) is 13.0. The average molecular weight is 373 g/mol. The van der Waals surface area contributed by atoms with E-state index in [-0.39, 0.29) is 35.3 Å². The number of hydrogen-bond acceptors (Lipinski definition) is 5. The lowest BCUT2D eigenvalue weighted by atomic mass is 10.1. The second kappa shape index (κ2) is 6.68. The van der Waals surface area contributed by atoms with Crippen LogP contribution in [0.15, 0.2) is 24.4 Å². The molecule has 27 heavy (non-hydrogen) atoms. The SMILES string of the molecule is COc1cc2c(OCC[C@H]3NC(=O)[C@@H]4[C@@H](CF)[C@@H]43)ccnc2cc1C(N)=O. The van der Waals surface area contributed by atoms with Crippen molar-refractivity contribution in [2.24, 2.45) is 23.5 Å². The van der Waals surface area contributed by atoms with Gasteiger partial charge >= 0.3 is 0 Å². The zero-order valence-electron chi connectivity index (χ0n) is 14.8. The Hall–Kier alpha value is -2.90. The van der Waals surface area contributed by atoms with Crippen LogP contribution >= 0.6 is 0 Å². The van der Waals surface area contributed by atoms with Crippen molar-refractivity contribution in [3.8, 4) is 11.5 Å². The maximum absolute atomic E-state index is 12.9. The number of amides is 2. The fourth-order valence-electron chi connectivity index (χ4n) is 4.09. The molecule has 2 aromatic rings. The fourth-order valence-corrected chi connectivity index (χ4v) is 4.09. The van der Waals surface area contributed by atoms with E-state index >= 15 is 0 Å². The van der Waals surface area contributed by atoms with Crippen LogP contribution in [0.4, 0.5) is 4.39 Å². The monoisotopic (exact) mass is 373 g/mol. The minimum Gasteiger partial charge on any atom is -0.496 e. The fraction of sp³-hybridized carbons (Fsp3) is 0.421. The van der Waals surface area contributed by atoms with Crippen molar-refractivity contribution in [2.75, 3.05) is 20.4 Å². The predicted octanol–water partition coefficient (Wildman–Crippen LogP) is 1.44. The quantitative estimate of drug-likeness (QED) is 0.764. The second-order valence-corrected chi connectivity index (χ2v) is 6.92. The van der Waals surface area contributed by atoms with E-state index in [2.05, 4.69) is 10.3 Å². The van der Waals surface area contributed by atoms with Gasteiger partial charge in [0.1, 0.15) is 11.5 Å². The molecule has 2 aliphatic rings. The molecular weight excluding hydrogens is 353 g/mol. The third kappa shape index (κ3) is 2.94. The van der Waals surface area contributed by atoms with Crippen LogP contribution in [-0.4, -0.2) is 43.2 Å². The molecule has 1 saturated carbocycles. The third-order valence-electron chi connectivity index (χ3n) is 5.48. The van der Waals surface area contributed by atoms with Crippen LogP contribution in [0.3, 0.4) is 0 Å². The minimum absolute atomic E-state index is 0.0487. The molecule has 142 valence electrons. The van der Waals surface area contributed by atoms with Crippen LogP contribution in [0.5, 0.6) is 11.5 Å². The van der Waals surface area contributed by atoms with Crippen molar-refractivity contribution in [2.45, 2.75) is 12.5 Å². The average Bonchev–Trinajstić information content (AvgIpc) is 3.32. The van der Waals surface area contributed by atoms with E-state index < -0.39 is 12.6 Å². The number of piperidine rings is 1. The Morgan fingerprint density at radius 1 is 1.37 bits per heavy atom. The summed E-state index contributed by atoms with van der Waals surface area (Å²) in [6, 6.07) is 4.92. The van der Waals surface area contributed by atoms with Crippen molar-refractivity contribution in [3.05, 3.63) is 30.0 Å². The molecule has 7 nitrogen and oxygen atoms in total. The number of nitrogens with zero attached hydrogens (tertiary/aromatic N) is 1. The molecule has 8 heteroatoms. The Morgan fingerprint density at radius 2 is 2.19 bits per heavy atom. The lowest BCUT2D eigenvalue weighted by Crippen LogP contribution is -2.33. The molecule has 0 bridgehead atoms. The van der Waals surface area contributed by atoms with Crippen molar-refractivity contribution >= 4 is 22.7 Å². The number of aromatic nitrogens is 1. The number of primary amides is 1. The van der Waals surface area contributed by atoms with Gasteiger partial charge in [0.15, 0.2) is 0 Å². The van der Waals surface area contributed by atoms with Crippen LogP contribution in [0.2, 0.25) is 0 Å². The molecule has 4 rings (SSSR count). The highest BCUT2D eigenvalue weighted by Crippen LogP contribution is 2.53. The van der Waals surface area contributed by atoms with E-state index in [1.165, 1.54) is 7.11 Å². The first-order valence-corrected chi connectivity index (χ1v) is 8.81. The highest BCUT2D eigenvalue weighted by molar-refractivity contribution is 6.01. The molecule has 1 aliphatic heterocycles. The molecule has 0 unspecified atom stereocenters. The van der Waals surface area contributed by atoms with Gasteiger partial charge in [-0.1, -0.05) is 0 Å². The van der Waals surface area contributed by atoms with Gasteiger partial charge in [-0.05, 0) is 24.1 Å². The normalized spacial score (nSPS) is 25.8. The summed E-state index contributed by atoms with van der Waals surface area (Å²) in [4.78, 5) is 27.6. The molecular formula is C19H20FN3O4. The van der Waals surface area contributed by atoms with Gasteiger partial charge in [-0.3, -0.25) is 19.0 Å². The first kappa shape index (κ1) is 17.5. The summed E-state index contributed by atoms with van der Waals surface area (Å²) in [5.41, 5.74) is 6.20. The maximum atomic E-state index is 12.9. The Morgan fingerprint density at radius 3 is 2.85 bits per heavy atom. The Balaban J connectivity index is 1.49. The van der Waals surface area contributed by atoms with E-state index in [0.29, 0.717) is 35.4 Å². The zero-order valence-corrected chi connectivity index (χ0v) is 14.8. The number of carbonyl (C=O) groups is 2. The summed E-state index contributed by atoms with van der Waals surface area (Å²) in [6.07, 6.45) is 2.19. The third-order valence-corrected chi connectivity index (χ3v) is 5.48. The van der Waals surface area contributed by atoms with Crippen molar-refractivity contribution in [3.63, 3.8) is 0 Å². The number of nitrogens with two attached hydrogens (primary N) is 1. The van der Waals surface area contributed by atoms with Crippen LogP contribution < -0.4 is 20.5 Å². The standard InChI is InChI=1S/C19H20FN3O4/c1-26-15-7-9-13(6-10(15)18(21)24)22-4-2-14(9)27-5-3-12-16-11(8-20)17(16)19(25)23-12/h2,4,6-7,11-12,16-17H,3,5,8H2,1H3,(H2,21,24)(H,23,25)/t11-,12+,16+,17+/m0/s1. The molecule has 0 radical (unpaired) electrons. The van der Waals surface area contributed by atoms with Gasteiger partial charge in [-0.2, -0.15) is 0 Å². The van der Waals surface area contributed by atoms with Crippen LogP contribution in [0, 0.1) is 17.8 Å². The first-order valence-electron chi connectivity index (χ1n) is 8.81. The number of carbonyl (C=O) groups excluding carboxylic acids is 2. The topological polar surface area (TPSA) is 104 Å². The number of ether oxygens (including phenoxy) is 2. The number of rotatable bonds is 7. The van der Waals surface area contributed by atoms with E-state index in [1.54, 1.807) is 24.4 Å². The molecule has 1 saturated heterocycles. The highest BCUT2D eigenvalue weighted by atomic mass is 19.1. The number of nitrogens with one attached hydrogen (secondary N) is 1. The van der Waals surface area contributed by atoms with Gasteiger partial charge < -0.3 is 20.5 Å². The molecule has 2 heterocycles. The molecule has 1 aliphatic carbocycles. The Bertz CT molecular complexity index is 919. The number of benzene rings is 1. The lowest BCUT2D eigenvalue weighted by Gasteiger charge is -2.16. The summed E-state index contributed by atoms with van der Waals surface area (Å²) in [7, 11) is 1.46. The lowest BCUT2D eigenvalue weighted by molar-refractivity contribution is -0.121. The summed E-state index contributed by atoms with van der Waals surface area (Å²) >= 11 is 0. The predicted molar refractivity (Wildman–Crippen MR) is 95.3 cm³/mol. The van der Waals surface area contributed by atoms with E-state index in [0.717, 1.165) is 0 Å². The van der Waals surface area contributed by atoms with Crippen molar-refractivity contribution in [1.82, 2.24) is 10.3 Å². The summed E-state index contributed by atoms with van der Waals surface area (Å²) < 4.78 is 24.0. The molecule has 0 spiro atoms. The van der Waals surface area contributed by atoms with Crippen LogP contribution in [0.25, 0.3) is 10.9 Å². The molecule has 2 amide bonds. The number of hydrogen-bond donors (Lipinski definition) is 2. The molecule has 2 fully saturated rings. The highest BCUT2D eigenvalue weighted by Gasteiger charge is 2.62. The Labute approximate surface area is 155 Å². The number of alkyl halides is 1. The number of halogens is 1. The maximum Gasteiger partial charge on any atom is 0.252 e. The smallest absolute Gasteiger partial charge is 0.252 e. The van der Waals surface area contributed by atoms with Crippen molar-refractivity contribution < 1.29 is 23.5 Å². The molecule has 4 atom stereocenters. The van der Waals surface area contributed by atoms with Crippen molar-refractivity contribution in [1.29, 1.82) is 0 Å². The number of methoxy groups -OCH3 is 1. The molecule has 1 aromatic carbocycles. The summed E-state index contributed by atoms with van der Waals surface area (Å²) in [5.74, 6) is 0.0697. The number of fused-ring (bicyclic) bond motifs is 2. The summed E-state index contributed by atoms with van der Waals surface area (Å²) in [5, 5.41) is 3.61. The number of pyridine rings is 1. The second-order valence-electron chi connectivity index (χ2n) is 6.92. The largest absolute Gasteiger partial charge is 0.496 e. The van der Waals surface area contributed by atoms with Gasteiger partial charge in [0.2, 0.25) is 5.91 Å². The minimum atomic E-state index is -0.597. The van der Waals surface area contributed by atoms with E-state index in [4.69, 9.17) is 15.2 Å². The van der Waals surface area contributed by atoms with Crippen LogP contribution in [0.1, 0.15) is 16.8 Å². The van der Waals surface area contributed by atoms with Gasteiger partial charge in [-0.15, -0.1) is 0 Å². The Kier molecular flexibility index (Phi) is 4.33. The van der Waals surface area contributed by atoms with E-state index in [1.807, 2.05) is 0 Å². The van der Waals surface area contributed by atoms with Crippen LogP contribution in [-0.2, 0) is 4.79 Å². The molecule has 1 aromatic heterocycles. The van der Waals surface area contributed by atoms with Gasteiger partial charge in [0.05, 0.1) is 31.5 Å².